The lowest BCUT2D eigenvalue weighted by molar-refractivity contribution is -0.132. The Hall–Kier alpha value is -2.73. The van der Waals surface area contributed by atoms with E-state index in [1.807, 2.05) is 28.0 Å². The van der Waals surface area contributed by atoms with Gasteiger partial charge in [-0.2, -0.15) is 0 Å². The molecule has 2 aliphatic rings. The molecule has 0 saturated carbocycles. The highest BCUT2D eigenvalue weighted by Crippen LogP contribution is 2.30. The van der Waals surface area contributed by atoms with Crippen LogP contribution in [0.15, 0.2) is 48.5 Å². The molecule has 1 fully saturated rings. The summed E-state index contributed by atoms with van der Waals surface area (Å²) in [5.74, 6) is -0.190. The lowest BCUT2D eigenvalue weighted by atomic mass is 10.00. The van der Waals surface area contributed by atoms with Crippen LogP contribution in [0.3, 0.4) is 0 Å². The second-order valence-electron chi connectivity index (χ2n) is 8.28. The van der Waals surface area contributed by atoms with Gasteiger partial charge in [0.15, 0.2) is 0 Å². The molecule has 1 saturated heterocycles. The van der Waals surface area contributed by atoms with Crippen LogP contribution in [0.1, 0.15) is 36.8 Å². The molecule has 0 spiro atoms. The van der Waals surface area contributed by atoms with Gasteiger partial charge < -0.3 is 15.5 Å². The molecule has 30 heavy (non-hydrogen) atoms. The number of para-hydroxylation sites is 1. The van der Waals surface area contributed by atoms with Gasteiger partial charge in [-0.05, 0) is 48.9 Å². The molecule has 2 N–H and O–H groups in total. The molecular formula is C24H28FN3O2. The van der Waals surface area contributed by atoms with Crippen LogP contribution in [0.25, 0.3) is 0 Å². The molecule has 0 aliphatic carbocycles. The molecule has 2 aromatic rings. The molecule has 2 aromatic carbocycles. The standard InChI is InChI=1S/C24H28FN3O2/c25-21-9-3-1-7-18(21)14-19(26)15-24(30)27-13-5-8-20(27)16-28-22-10-4-2-6-17(22)11-12-23(28)29/h1-4,6-7,9-10,19-20H,5,8,11-16,26H2/t19-,20+/m1/s1. The van der Waals surface area contributed by atoms with Crippen LogP contribution in [-0.4, -0.2) is 41.9 Å². The van der Waals surface area contributed by atoms with Gasteiger partial charge in [-0.25, -0.2) is 4.39 Å². The van der Waals surface area contributed by atoms with Crippen LogP contribution in [0.2, 0.25) is 0 Å². The van der Waals surface area contributed by atoms with E-state index in [-0.39, 0.29) is 30.1 Å². The number of nitrogens with two attached hydrogens (primary N) is 1. The van der Waals surface area contributed by atoms with Crippen LogP contribution in [0, 0.1) is 5.82 Å². The number of aryl methyl sites for hydroxylation is 1. The smallest absolute Gasteiger partial charge is 0.227 e. The Morgan fingerprint density at radius 2 is 1.90 bits per heavy atom. The quantitative estimate of drug-likeness (QED) is 0.797. The van der Waals surface area contributed by atoms with Crippen molar-refractivity contribution in [1.29, 1.82) is 0 Å². The van der Waals surface area contributed by atoms with Crippen molar-refractivity contribution in [1.82, 2.24) is 4.90 Å². The summed E-state index contributed by atoms with van der Waals surface area (Å²) < 4.78 is 13.9. The highest BCUT2D eigenvalue weighted by molar-refractivity contribution is 5.96. The number of anilines is 1. The minimum atomic E-state index is -0.437. The Morgan fingerprint density at radius 3 is 2.73 bits per heavy atom. The maximum atomic E-state index is 13.9. The summed E-state index contributed by atoms with van der Waals surface area (Å²) in [6.07, 6.45) is 3.57. The third kappa shape index (κ3) is 4.38. The van der Waals surface area contributed by atoms with Gasteiger partial charge in [-0.1, -0.05) is 36.4 Å². The van der Waals surface area contributed by atoms with Crippen molar-refractivity contribution in [3.05, 3.63) is 65.5 Å². The number of nitrogens with zero attached hydrogens (tertiary/aromatic N) is 2. The molecule has 5 nitrogen and oxygen atoms in total. The van der Waals surface area contributed by atoms with Crippen LogP contribution in [-0.2, 0) is 22.4 Å². The average Bonchev–Trinajstić information content (AvgIpc) is 3.20. The molecule has 0 radical (unpaired) electrons. The van der Waals surface area contributed by atoms with Gasteiger partial charge in [-0.3, -0.25) is 9.59 Å². The van der Waals surface area contributed by atoms with Gasteiger partial charge in [0.1, 0.15) is 5.82 Å². The Kier molecular flexibility index (Phi) is 6.13. The van der Waals surface area contributed by atoms with Crippen molar-refractivity contribution in [3.8, 4) is 0 Å². The monoisotopic (exact) mass is 409 g/mol. The maximum Gasteiger partial charge on any atom is 0.227 e. The third-order valence-corrected chi connectivity index (χ3v) is 6.16. The zero-order valence-electron chi connectivity index (χ0n) is 17.1. The predicted molar refractivity (Wildman–Crippen MR) is 115 cm³/mol. The van der Waals surface area contributed by atoms with E-state index in [4.69, 9.17) is 5.73 Å². The van der Waals surface area contributed by atoms with E-state index < -0.39 is 6.04 Å². The van der Waals surface area contributed by atoms with Gasteiger partial charge in [0, 0.05) is 43.7 Å². The maximum absolute atomic E-state index is 13.9. The van der Waals surface area contributed by atoms with Crippen LogP contribution in [0.5, 0.6) is 0 Å². The van der Waals surface area contributed by atoms with Crippen molar-refractivity contribution in [2.24, 2.45) is 5.73 Å². The summed E-state index contributed by atoms with van der Waals surface area (Å²) >= 11 is 0. The molecule has 2 aliphatic heterocycles. The van der Waals surface area contributed by atoms with Gasteiger partial charge >= 0.3 is 0 Å². The van der Waals surface area contributed by atoms with Gasteiger partial charge in [0.2, 0.25) is 11.8 Å². The first kappa shape index (κ1) is 20.5. The Balaban J connectivity index is 1.40. The van der Waals surface area contributed by atoms with E-state index in [2.05, 4.69) is 6.07 Å². The number of likely N-dealkylation sites (tertiary alicyclic amines) is 1. The summed E-state index contributed by atoms with van der Waals surface area (Å²) in [5.41, 5.74) is 8.86. The highest BCUT2D eigenvalue weighted by Gasteiger charge is 2.34. The lowest BCUT2D eigenvalue weighted by Gasteiger charge is -2.34. The van der Waals surface area contributed by atoms with Crippen LogP contribution < -0.4 is 10.6 Å². The molecule has 158 valence electrons. The summed E-state index contributed by atoms with van der Waals surface area (Å²) in [6.45, 7) is 1.20. The summed E-state index contributed by atoms with van der Waals surface area (Å²) in [4.78, 5) is 29.3. The summed E-state index contributed by atoms with van der Waals surface area (Å²) in [7, 11) is 0. The second-order valence-corrected chi connectivity index (χ2v) is 8.28. The van der Waals surface area contributed by atoms with E-state index in [1.165, 1.54) is 11.6 Å². The minimum absolute atomic E-state index is 0.00623. The van der Waals surface area contributed by atoms with E-state index in [9.17, 15) is 14.0 Å². The van der Waals surface area contributed by atoms with Crippen LogP contribution >= 0.6 is 0 Å². The molecule has 0 bridgehead atoms. The molecule has 4 rings (SSSR count). The first-order valence-corrected chi connectivity index (χ1v) is 10.7. The van der Waals surface area contributed by atoms with Crippen molar-refractivity contribution in [2.75, 3.05) is 18.0 Å². The number of carbonyl (C=O) groups is 2. The zero-order chi connectivity index (χ0) is 21.1. The second kappa shape index (κ2) is 8.96. The molecular weight excluding hydrogens is 381 g/mol. The highest BCUT2D eigenvalue weighted by atomic mass is 19.1. The third-order valence-electron chi connectivity index (χ3n) is 6.16. The fourth-order valence-corrected chi connectivity index (χ4v) is 4.62. The van der Waals surface area contributed by atoms with E-state index in [0.717, 1.165) is 24.9 Å². The number of fused-ring (bicyclic) bond motifs is 1. The number of halogens is 1. The predicted octanol–water partition coefficient (Wildman–Crippen LogP) is 3.06. The number of carbonyl (C=O) groups excluding carboxylic acids is 2. The minimum Gasteiger partial charge on any atom is -0.338 e. The fourth-order valence-electron chi connectivity index (χ4n) is 4.62. The molecule has 6 heteroatoms. The first-order chi connectivity index (χ1) is 14.5. The SMILES string of the molecule is N[C@@H](CC(=O)N1CCC[C@H]1CN1C(=O)CCc2ccccc21)Cc1ccccc1F. The van der Waals surface area contributed by atoms with Gasteiger partial charge in [-0.15, -0.1) is 0 Å². The molecule has 0 unspecified atom stereocenters. The first-order valence-electron chi connectivity index (χ1n) is 10.7. The van der Waals surface area contributed by atoms with Gasteiger partial charge in [0.05, 0.1) is 0 Å². The number of hydrogen-bond acceptors (Lipinski definition) is 3. The number of rotatable bonds is 6. The molecule has 0 aromatic heterocycles. The Bertz CT molecular complexity index is 932. The average molecular weight is 410 g/mol. The lowest BCUT2D eigenvalue weighted by Crippen LogP contribution is -2.47. The van der Waals surface area contributed by atoms with Gasteiger partial charge in [0.25, 0.3) is 0 Å². The largest absolute Gasteiger partial charge is 0.338 e. The van der Waals surface area contributed by atoms with Crippen molar-refractivity contribution in [3.63, 3.8) is 0 Å². The fraction of sp³-hybridized carbons (Fsp3) is 0.417. The Morgan fingerprint density at radius 1 is 1.13 bits per heavy atom. The zero-order valence-corrected chi connectivity index (χ0v) is 17.1. The van der Waals surface area contributed by atoms with E-state index in [0.29, 0.717) is 31.5 Å². The van der Waals surface area contributed by atoms with Crippen molar-refractivity contribution < 1.29 is 14.0 Å². The van der Waals surface area contributed by atoms with Crippen molar-refractivity contribution in [2.45, 2.75) is 50.6 Å². The molecule has 2 heterocycles. The normalized spacial score (nSPS) is 19.7. The van der Waals surface area contributed by atoms with E-state index in [1.54, 1.807) is 18.2 Å². The Labute approximate surface area is 176 Å². The molecule has 2 amide bonds. The number of hydrogen-bond donors (Lipinski definition) is 1. The topological polar surface area (TPSA) is 66.6 Å². The summed E-state index contributed by atoms with van der Waals surface area (Å²) in [6, 6.07) is 14.1. The number of benzene rings is 2. The van der Waals surface area contributed by atoms with Crippen molar-refractivity contribution >= 4 is 17.5 Å². The van der Waals surface area contributed by atoms with Crippen LogP contribution in [0.4, 0.5) is 10.1 Å². The number of amides is 2. The van der Waals surface area contributed by atoms with E-state index >= 15 is 0 Å². The molecule has 2 atom stereocenters. The summed E-state index contributed by atoms with van der Waals surface area (Å²) in [5, 5.41) is 0.